The van der Waals surface area contributed by atoms with Gasteiger partial charge in [-0.3, -0.25) is 9.59 Å². The molecule has 0 saturated carbocycles. The first-order valence-corrected chi connectivity index (χ1v) is 10.0. The number of rotatable bonds is 7. The number of hydrogen-bond donors (Lipinski definition) is 1. The van der Waals surface area contributed by atoms with Gasteiger partial charge in [-0.25, -0.2) is 4.39 Å². The van der Waals surface area contributed by atoms with Crippen LogP contribution in [0, 0.1) is 19.7 Å². The van der Waals surface area contributed by atoms with E-state index in [1.807, 2.05) is 52.8 Å². The molecular weight excluding hydrogens is 383 g/mol. The number of amides is 2. The predicted molar refractivity (Wildman–Crippen MR) is 116 cm³/mol. The van der Waals surface area contributed by atoms with Crippen LogP contribution in [0.1, 0.15) is 44.4 Å². The average molecular weight is 415 g/mol. The second-order valence-electron chi connectivity index (χ2n) is 8.55. The van der Waals surface area contributed by atoms with Crippen LogP contribution in [0.4, 0.5) is 4.39 Å². The monoisotopic (exact) mass is 414 g/mol. The molecule has 0 aliphatic rings. The number of hydrogen-bond acceptors (Lipinski definition) is 3. The summed E-state index contributed by atoms with van der Waals surface area (Å²) >= 11 is 0. The van der Waals surface area contributed by atoms with E-state index in [4.69, 9.17) is 4.74 Å². The predicted octanol–water partition coefficient (Wildman–Crippen LogP) is 4.15. The zero-order valence-corrected chi connectivity index (χ0v) is 18.6. The van der Waals surface area contributed by atoms with Crippen molar-refractivity contribution < 1.29 is 18.7 Å². The Kier molecular flexibility index (Phi) is 7.59. The van der Waals surface area contributed by atoms with Crippen LogP contribution < -0.4 is 10.1 Å². The van der Waals surface area contributed by atoms with E-state index in [2.05, 4.69) is 5.32 Å². The summed E-state index contributed by atoms with van der Waals surface area (Å²) < 4.78 is 19.0. The highest BCUT2D eigenvalue weighted by molar-refractivity contribution is 5.88. The van der Waals surface area contributed by atoms with Gasteiger partial charge in [0.05, 0.1) is 0 Å². The lowest BCUT2D eigenvalue weighted by Crippen LogP contribution is -2.53. The Bertz CT molecular complexity index is 888. The minimum absolute atomic E-state index is 0.175. The van der Waals surface area contributed by atoms with Crippen LogP contribution in [-0.4, -0.2) is 34.9 Å². The van der Waals surface area contributed by atoms with E-state index in [-0.39, 0.29) is 30.8 Å². The molecule has 2 amide bonds. The second-order valence-corrected chi connectivity index (χ2v) is 8.55. The molecular formula is C24H31FN2O3. The Morgan fingerprint density at radius 2 is 1.73 bits per heavy atom. The summed E-state index contributed by atoms with van der Waals surface area (Å²) in [5, 5.41) is 2.91. The van der Waals surface area contributed by atoms with Crippen molar-refractivity contribution in [1.82, 2.24) is 10.2 Å². The van der Waals surface area contributed by atoms with Gasteiger partial charge >= 0.3 is 0 Å². The topological polar surface area (TPSA) is 58.6 Å². The maximum absolute atomic E-state index is 13.3. The SMILES string of the molecule is Cc1cccc(OCC(=O)N(Cc2ccc(F)cc2)C(C)C(=O)NC(C)(C)C)c1C. The summed E-state index contributed by atoms with van der Waals surface area (Å²) in [6.45, 7) is 11.2. The van der Waals surface area contributed by atoms with Crippen molar-refractivity contribution in [3.63, 3.8) is 0 Å². The minimum Gasteiger partial charge on any atom is -0.483 e. The van der Waals surface area contributed by atoms with E-state index in [1.165, 1.54) is 17.0 Å². The molecule has 0 fully saturated rings. The number of carbonyl (C=O) groups excluding carboxylic acids is 2. The van der Waals surface area contributed by atoms with Gasteiger partial charge in [0, 0.05) is 12.1 Å². The number of nitrogens with one attached hydrogen (secondary N) is 1. The van der Waals surface area contributed by atoms with E-state index in [0.717, 1.165) is 16.7 Å². The highest BCUT2D eigenvalue weighted by Crippen LogP contribution is 2.21. The summed E-state index contributed by atoms with van der Waals surface area (Å²) in [6, 6.07) is 10.8. The zero-order valence-electron chi connectivity index (χ0n) is 18.6. The number of aryl methyl sites for hydroxylation is 1. The van der Waals surface area contributed by atoms with Gasteiger partial charge < -0.3 is 15.0 Å². The Morgan fingerprint density at radius 1 is 1.10 bits per heavy atom. The van der Waals surface area contributed by atoms with Crippen LogP contribution in [0.3, 0.4) is 0 Å². The van der Waals surface area contributed by atoms with Crippen molar-refractivity contribution in [2.45, 2.75) is 59.7 Å². The van der Waals surface area contributed by atoms with Crippen molar-refractivity contribution in [3.8, 4) is 5.75 Å². The Morgan fingerprint density at radius 3 is 2.33 bits per heavy atom. The van der Waals surface area contributed by atoms with Crippen LogP contribution in [0.25, 0.3) is 0 Å². The summed E-state index contributed by atoms with van der Waals surface area (Å²) in [4.78, 5) is 27.2. The molecule has 0 bridgehead atoms. The van der Waals surface area contributed by atoms with Gasteiger partial charge in [0.25, 0.3) is 5.91 Å². The van der Waals surface area contributed by atoms with Gasteiger partial charge in [-0.05, 0) is 76.4 Å². The van der Waals surface area contributed by atoms with Crippen molar-refractivity contribution in [2.24, 2.45) is 0 Å². The van der Waals surface area contributed by atoms with E-state index in [1.54, 1.807) is 19.1 Å². The molecule has 2 aromatic carbocycles. The smallest absolute Gasteiger partial charge is 0.261 e. The number of carbonyl (C=O) groups is 2. The van der Waals surface area contributed by atoms with Gasteiger partial charge in [0.1, 0.15) is 17.6 Å². The molecule has 30 heavy (non-hydrogen) atoms. The van der Waals surface area contributed by atoms with Crippen LogP contribution >= 0.6 is 0 Å². The fraction of sp³-hybridized carbons (Fsp3) is 0.417. The van der Waals surface area contributed by atoms with E-state index in [9.17, 15) is 14.0 Å². The van der Waals surface area contributed by atoms with Gasteiger partial charge in [0.15, 0.2) is 6.61 Å². The number of nitrogens with zero attached hydrogens (tertiary/aromatic N) is 1. The van der Waals surface area contributed by atoms with Gasteiger partial charge in [-0.1, -0.05) is 24.3 Å². The molecule has 6 heteroatoms. The minimum atomic E-state index is -0.719. The standard InChI is InChI=1S/C24H31FN2O3/c1-16-8-7-9-21(17(16)2)30-15-22(28)27(14-19-10-12-20(25)13-11-19)18(3)23(29)26-24(4,5)6/h7-13,18H,14-15H2,1-6H3,(H,26,29). The molecule has 5 nitrogen and oxygen atoms in total. The number of halogens is 1. The average Bonchev–Trinajstić information content (AvgIpc) is 2.66. The van der Waals surface area contributed by atoms with Crippen molar-refractivity contribution >= 4 is 11.8 Å². The first kappa shape index (κ1) is 23.4. The molecule has 0 aliphatic carbocycles. The quantitative estimate of drug-likeness (QED) is 0.740. The van der Waals surface area contributed by atoms with Crippen LogP contribution in [0.2, 0.25) is 0 Å². The van der Waals surface area contributed by atoms with Crippen molar-refractivity contribution in [1.29, 1.82) is 0 Å². The first-order chi connectivity index (χ1) is 14.0. The third-order valence-corrected chi connectivity index (χ3v) is 4.84. The van der Waals surface area contributed by atoms with Crippen molar-refractivity contribution in [3.05, 3.63) is 65.0 Å². The van der Waals surface area contributed by atoms with E-state index in [0.29, 0.717) is 5.75 Å². The Labute approximate surface area is 178 Å². The lowest BCUT2D eigenvalue weighted by atomic mass is 10.1. The Hall–Kier alpha value is -2.89. The molecule has 0 radical (unpaired) electrons. The molecule has 162 valence electrons. The largest absolute Gasteiger partial charge is 0.483 e. The fourth-order valence-corrected chi connectivity index (χ4v) is 2.95. The summed E-state index contributed by atoms with van der Waals surface area (Å²) in [6.07, 6.45) is 0. The molecule has 0 heterocycles. The van der Waals surface area contributed by atoms with Gasteiger partial charge in [0.2, 0.25) is 5.91 Å². The van der Waals surface area contributed by atoms with Gasteiger partial charge in [-0.15, -0.1) is 0 Å². The van der Waals surface area contributed by atoms with Crippen LogP contribution in [-0.2, 0) is 16.1 Å². The highest BCUT2D eigenvalue weighted by Gasteiger charge is 2.28. The van der Waals surface area contributed by atoms with E-state index >= 15 is 0 Å². The second kappa shape index (κ2) is 9.74. The molecule has 0 saturated heterocycles. The molecule has 0 aliphatic heterocycles. The number of ether oxygens (including phenoxy) is 1. The van der Waals surface area contributed by atoms with E-state index < -0.39 is 11.6 Å². The molecule has 0 spiro atoms. The summed E-state index contributed by atoms with van der Waals surface area (Å²) in [5.74, 6) is -0.299. The van der Waals surface area contributed by atoms with Gasteiger partial charge in [-0.2, -0.15) is 0 Å². The summed E-state index contributed by atoms with van der Waals surface area (Å²) in [7, 11) is 0. The first-order valence-electron chi connectivity index (χ1n) is 10.0. The molecule has 1 atom stereocenters. The van der Waals surface area contributed by atoms with Crippen LogP contribution in [0.15, 0.2) is 42.5 Å². The lowest BCUT2D eigenvalue weighted by molar-refractivity contribution is -0.142. The van der Waals surface area contributed by atoms with Crippen LogP contribution in [0.5, 0.6) is 5.75 Å². The Balaban J connectivity index is 2.20. The fourth-order valence-electron chi connectivity index (χ4n) is 2.95. The third-order valence-electron chi connectivity index (χ3n) is 4.84. The normalized spacial score (nSPS) is 12.2. The maximum atomic E-state index is 13.3. The highest BCUT2D eigenvalue weighted by atomic mass is 19.1. The maximum Gasteiger partial charge on any atom is 0.261 e. The molecule has 0 aromatic heterocycles. The summed E-state index contributed by atoms with van der Waals surface area (Å²) in [5.41, 5.74) is 2.34. The molecule has 2 rings (SSSR count). The molecule has 1 N–H and O–H groups in total. The van der Waals surface area contributed by atoms with Crippen molar-refractivity contribution in [2.75, 3.05) is 6.61 Å². The number of benzene rings is 2. The molecule has 1 unspecified atom stereocenters. The molecule has 2 aromatic rings. The lowest BCUT2D eigenvalue weighted by Gasteiger charge is -2.31. The zero-order chi connectivity index (χ0) is 22.5. The third kappa shape index (κ3) is 6.58.